The summed E-state index contributed by atoms with van der Waals surface area (Å²) in [6.45, 7) is 6.27. The number of terminal acetylenes is 1. The van der Waals surface area contributed by atoms with Crippen molar-refractivity contribution in [1.29, 1.82) is 0 Å². The van der Waals surface area contributed by atoms with Crippen molar-refractivity contribution in [3.8, 4) is 12.3 Å². The van der Waals surface area contributed by atoms with Crippen molar-refractivity contribution in [2.45, 2.75) is 51.5 Å². The van der Waals surface area contributed by atoms with Gasteiger partial charge in [-0.1, -0.05) is 32.9 Å². The summed E-state index contributed by atoms with van der Waals surface area (Å²) in [5.74, 6) is 1.04. The minimum Gasteiger partial charge on any atom is -0.480 e. The van der Waals surface area contributed by atoms with Gasteiger partial charge in [0, 0.05) is 12.0 Å². The molecule has 1 aromatic carbocycles. The summed E-state index contributed by atoms with van der Waals surface area (Å²) in [4.78, 5) is 23.3. The van der Waals surface area contributed by atoms with Crippen LogP contribution in [0.25, 0.3) is 0 Å². The van der Waals surface area contributed by atoms with E-state index in [1.807, 2.05) is 12.1 Å². The van der Waals surface area contributed by atoms with Crippen LogP contribution in [0.4, 0.5) is 0 Å². The number of nitrogens with one attached hydrogen (secondary N) is 1. The molecule has 1 amide bonds. The number of carbonyl (C=O) groups excluding carboxylic acids is 1. The molecular formula is C18H23NO3. The molecule has 0 aliphatic carbocycles. The zero-order valence-corrected chi connectivity index (χ0v) is 13.3. The standard InChI is InChI=1S/C18H23NO3/c1-5-6-7-8-15(17(21)22)19-16(20)13-9-11-14(12-10-13)18(2,3)4/h1,9-12,15H,6-8H2,2-4H3,(H,19,20)(H,21,22)/t15-/m0/s1. The van der Waals surface area contributed by atoms with Gasteiger partial charge in [0.05, 0.1) is 0 Å². The molecule has 1 atom stereocenters. The summed E-state index contributed by atoms with van der Waals surface area (Å²) in [5, 5.41) is 11.7. The Balaban J connectivity index is 2.74. The Hall–Kier alpha value is -2.28. The minimum absolute atomic E-state index is 0.00777. The first-order chi connectivity index (χ1) is 10.3. The smallest absolute Gasteiger partial charge is 0.326 e. The van der Waals surface area contributed by atoms with E-state index in [0.29, 0.717) is 24.8 Å². The van der Waals surface area contributed by atoms with Gasteiger partial charge in [0.1, 0.15) is 6.04 Å². The summed E-state index contributed by atoms with van der Waals surface area (Å²) < 4.78 is 0. The fourth-order valence-electron chi connectivity index (χ4n) is 2.03. The van der Waals surface area contributed by atoms with Crippen molar-refractivity contribution in [2.24, 2.45) is 0 Å². The average molecular weight is 301 g/mol. The molecule has 0 spiro atoms. The van der Waals surface area contributed by atoms with Crippen LogP contribution in [0.15, 0.2) is 24.3 Å². The molecule has 22 heavy (non-hydrogen) atoms. The summed E-state index contributed by atoms with van der Waals surface area (Å²) in [7, 11) is 0. The molecule has 0 unspecified atom stereocenters. The molecule has 0 heterocycles. The second kappa shape index (κ2) is 7.65. The number of carboxylic acid groups (broad SMARTS) is 1. The Morgan fingerprint density at radius 1 is 1.27 bits per heavy atom. The molecule has 4 heteroatoms. The van der Waals surface area contributed by atoms with E-state index >= 15 is 0 Å². The number of hydrogen-bond donors (Lipinski definition) is 2. The lowest BCUT2D eigenvalue weighted by atomic mass is 9.86. The highest BCUT2D eigenvalue weighted by molar-refractivity contribution is 5.96. The average Bonchev–Trinajstić information content (AvgIpc) is 2.45. The quantitative estimate of drug-likeness (QED) is 0.627. The van der Waals surface area contributed by atoms with E-state index in [9.17, 15) is 9.59 Å². The molecule has 0 saturated carbocycles. The molecule has 0 aliphatic rings. The predicted molar refractivity (Wildman–Crippen MR) is 86.7 cm³/mol. The monoisotopic (exact) mass is 301 g/mol. The number of amides is 1. The van der Waals surface area contributed by atoms with Gasteiger partial charge in [-0.15, -0.1) is 12.3 Å². The molecule has 1 aromatic rings. The van der Waals surface area contributed by atoms with Gasteiger partial charge in [0.15, 0.2) is 0 Å². The molecule has 4 nitrogen and oxygen atoms in total. The maximum Gasteiger partial charge on any atom is 0.326 e. The van der Waals surface area contributed by atoms with E-state index < -0.39 is 12.0 Å². The summed E-state index contributed by atoms with van der Waals surface area (Å²) in [6, 6.07) is 6.31. The maximum absolute atomic E-state index is 12.1. The normalized spacial score (nSPS) is 12.3. The van der Waals surface area contributed by atoms with E-state index in [-0.39, 0.29) is 11.3 Å². The van der Waals surface area contributed by atoms with Crippen LogP contribution in [-0.2, 0) is 10.2 Å². The number of carbonyl (C=O) groups is 2. The molecule has 0 saturated heterocycles. The van der Waals surface area contributed by atoms with Crippen LogP contribution in [0, 0.1) is 12.3 Å². The number of benzene rings is 1. The lowest BCUT2D eigenvalue weighted by Gasteiger charge is -2.19. The minimum atomic E-state index is -1.04. The molecular weight excluding hydrogens is 278 g/mol. The van der Waals surface area contributed by atoms with Gasteiger partial charge in [-0.2, -0.15) is 0 Å². The van der Waals surface area contributed by atoms with E-state index in [4.69, 9.17) is 11.5 Å². The van der Waals surface area contributed by atoms with Gasteiger partial charge >= 0.3 is 5.97 Å². The summed E-state index contributed by atoms with van der Waals surface area (Å²) >= 11 is 0. The Labute approximate surface area is 131 Å². The third-order valence-corrected chi connectivity index (χ3v) is 3.43. The zero-order chi connectivity index (χ0) is 16.8. The lowest BCUT2D eigenvalue weighted by molar-refractivity contribution is -0.139. The SMILES string of the molecule is C#CCCC[C@H](NC(=O)c1ccc(C(C)(C)C)cc1)C(=O)O. The number of carboxylic acids is 1. The Kier molecular flexibility index (Phi) is 6.18. The van der Waals surface area contributed by atoms with Crippen molar-refractivity contribution < 1.29 is 14.7 Å². The fourth-order valence-corrected chi connectivity index (χ4v) is 2.03. The molecule has 0 aromatic heterocycles. The van der Waals surface area contributed by atoms with E-state index in [2.05, 4.69) is 32.0 Å². The van der Waals surface area contributed by atoms with Gasteiger partial charge in [-0.25, -0.2) is 4.79 Å². The number of rotatable bonds is 6. The summed E-state index contributed by atoms with van der Waals surface area (Å²) in [5.41, 5.74) is 1.58. The third-order valence-electron chi connectivity index (χ3n) is 3.43. The highest BCUT2D eigenvalue weighted by Crippen LogP contribution is 2.22. The van der Waals surface area contributed by atoms with Crippen LogP contribution in [0.3, 0.4) is 0 Å². The van der Waals surface area contributed by atoms with Crippen LogP contribution >= 0.6 is 0 Å². The first-order valence-electron chi connectivity index (χ1n) is 7.33. The van der Waals surface area contributed by atoms with Crippen molar-refractivity contribution in [1.82, 2.24) is 5.32 Å². The first-order valence-corrected chi connectivity index (χ1v) is 7.33. The highest BCUT2D eigenvalue weighted by atomic mass is 16.4. The molecule has 2 N–H and O–H groups in total. The van der Waals surface area contributed by atoms with Crippen molar-refractivity contribution in [2.75, 3.05) is 0 Å². The molecule has 0 aliphatic heterocycles. The van der Waals surface area contributed by atoms with E-state index in [1.165, 1.54) is 0 Å². The topological polar surface area (TPSA) is 66.4 Å². The number of aliphatic carboxylic acids is 1. The van der Waals surface area contributed by atoms with Crippen LogP contribution in [0.1, 0.15) is 56.0 Å². The Morgan fingerprint density at radius 2 is 1.86 bits per heavy atom. The van der Waals surface area contributed by atoms with Gasteiger partial charge in [0.25, 0.3) is 5.91 Å². The highest BCUT2D eigenvalue weighted by Gasteiger charge is 2.20. The van der Waals surface area contributed by atoms with E-state index in [1.54, 1.807) is 12.1 Å². The maximum atomic E-state index is 12.1. The summed E-state index contributed by atoms with van der Waals surface area (Å²) in [6.07, 6.45) is 6.54. The Bertz CT molecular complexity index is 561. The van der Waals surface area contributed by atoms with Crippen molar-refractivity contribution in [3.05, 3.63) is 35.4 Å². The second-order valence-corrected chi connectivity index (χ2v) is 6.29. The van der Waals surface area contributed by atoms with Gasteiger partial charge in [0.2, 0.25) is 0 Å². The molecule has 0 fully saturated rings. The Morgan fingerprint density at radius 3 is 2.32 bits per heavy atom. The van der Waals surface area contributed by atoms with Crippen molar-refractivity contribution >= 4 is 11.9 Å². The van der Waals surface area contributed by atoms with Gasteiger partial charge in [-0.05, 0) is 36.0 Å². The molecule has 1 rings (SSSR count). The van der Waals surface area contributed by atoms with Crippen LogP contribution in [0.2, 0.25) is 0 Å². The van der Waals surface area contributed by atoms with Crippen molar-refractivity contribution in [3.63, 3.8) is 0 Å². The van der Waals surface area contributed by atoms with Gasteiger partial charge < -0.3 is 10.4 Å². The lowest BCUT2D eigenvalue weighted by Crippen LogP contribution is -2.40. The molecule has 118 valence electrons. The van der Waals surface area contributed by atoms with E-state index in [0.717, 1.165) is 5.56 Å². The second-order valence-electron chi connectivity index (χ2n) is 6.29. The largest absolute Gasteiger partial charge is 0.480 e. The van der Waals surface area contributed by atoms with Gasteiger partial charge in [-0.3, -0.25) is 4.79 Å². The molecule has 0 radical (unpaired) electrons. The third kappa shape index (κ3) is 5.25. The van der Waals surface area contributed by atoms with Crippen LogP contribution in [0.5, 0.6) is 0 Å². The zero-order valence-electron chi connectivity index (χ0n) is 13.3. The fraction of sp³-hybridized carbons (Fsp3) is 0.444. The van der Waals surface area contributed by atoms with Crippen LogP contribution < -0.4 is 5.32 Å². The number of hydrogen-bond acceptors (Lipinski definition) is 2. The predicted octanol–water partition coefficient (Wildman–Crippen LogP) is 2.97. The first kappa shape index (κ1) is 17.8. The number of unbranched alkanes of at least 4 members (excludes halogenated alkanes) is 1. The van der Waals surface area contributed by atoms with Crippen LogP contribution in [-0.4, -0.2) is 23.0 Å². The molecule has 0 bridgehead atoms.